The normalized spacial score (nSPS) is 12.7. The minimum atomic E-state index is -0.0822. The molecule has 0 aliphatic carbocycles. The lowest BCUT2D eigenvalue weighted by Gasteiger charge is -2.13. The molecule has 0 aliphatic heterocycles. The molecule has 1 unspecified atom stereocenters. The molecule has 15 heavy (non-hydrogen) atoms. The number of benzene rings is 1. The number of thiophene rings is 1. The quantitative estimate of drug-likeness (QED) is 0.860. The van der Waals surface area contributed by atoms with Gasteiger partial charge in [0.1, 0.15) is 0 Å². The number of nitrogens with two attached hydrogens (primary N) is 1. The lowest BCUT2D eigenvalue weighted by molar-refractivity contribution is 0.866. The summed E-state index contributed by atoms with van der Waals surface area (Å²) in [5, 5.41) is 4.13. The average Bonchev–Trinajstić information content (AvgIpc) is 2.64. The molecule has 0 radical (unpaired) electrons. The van der Waals surface area contributed by atoms with Gasteiger partial charge in [-0.15, -0.1) is 0 Å². The molecule has 1 heterocycles. The first kappa shape index (κ1) is 11.3. The van der Waals surface area contributed by atoms with Gasteiger partial charge >= 0.3 is 0 Å². The maximum Gasteiger partial charge on any atom is 0.0582 e. The van der Waals surface area contributed by atoms with Crippen LogP contribution in [0.4, 0.5) is 0 Å². The molecule has 1 atom stereocenters. The standard InChI is InChI=1S/C11H9Br2NS/c12-9-4-2-1-3-7(9)11(14)8-5-15-6-10(8)13/h1-6,11H,14H2. The summed E-state index contributed by atoms with van der Waals surface area (Å²) < 4.78 is 2.13. The molecule has 2 aromatic rings. The molecule has 78 valence electrons. The van der Waals surface area contributed by atoms with Crippen molar-refractivity contribution < 1.29 is 0 Å². The predicted molar refractivity (Wildman–Crippen MR) is 72.2 cm³/mol. The van der Waals surface area contributed by atoms with Gasteiger partial charge in [-0.3, -0.25) is 0 Å². The predicted octanol–water partition coefficient (Wildman–Crippen LogP) is 4.32. The van der Waals surface area contributed by atoms with Crippen molar-refractivity contribution in [2.75, 3.05) is 0 Å². The second kappa shape index (κ2) is 4.78. The van der Waals surface area contributed by atoms with Crippen LogP contribution in [-0.2, 0) is 0 Å². The van der Waals surface area contributed by atoms with Gasteiger partial charge in [-0.05, 0) is 38.5 Å². The molecular formula is C11H9Br2NS. The lowest BCUT2D eigenvalue weighted by Crippen LogP contribution is -2.11. The highest BCUT2D eigenvalue weighted by atomic mass is 79.9. The summed E-state index contributed by atoms with van der Waals surface area (Å²) in [7, 11) is 0. The van der Waals surface area contributed by atoms with Gasteiger partial charge in [0.2, 0.25) is 0 Å². The van der Waals surface area contributed by atoms with E-state index < -0.39 is 0 Å². The molecule has 2 N–H and O–H groups in total. The van der Waals surface area contributed by atoms with E-state index in [0.29, 0.717) is 0 Å². The van der Waals surface area contributed by atoms with Crippen LogP contribution in [-0.4, -0.2) is 0 Å². The molecule has 1 aromatic carbocycles. The van der Waals surface area contributed by atoms with Crippen molar-refractivity contribution in [3.8, 4) is 0 Å². The Bertz CT molecular complexity index is 467. The van der Waals surface area contributed by atoms with Crippen LogP contribution in [0, 0.1) is 0 Å². The average molecular weight is 347 g/mol. The van der Waals surface area contributed by atoms with E-state index in [2.05, 4.69) is 37.2 Å². The molecule has 4 heteroatoms. The highest BCUT2D eigenvalue weighted by Crippen LogP contribution is 2.32. The van der Waals surface area contributed by atoms with Gasteiger partial charge in [0, 0.05) is 14.3 Å². The smallest absolute Gasteiger partial charge is 0.0582 e. The third-order valence-electron chi connectivity index (χ3n) is 2.22. The maximum atomic E-state index is 6.21. The number of hydrogen-bond donors (Lipinski definition) is 1. The Hall–Kier alpha value is -0.160. The van der Waals surface area contributed by atoms with E-state index in [4.69, 9.17) is 5.73 Å². The van der Waals surface area contributed by atoms with Crippen LogP contribution in [0.15, 0.2) is 44.0 Å². The summed E-state index contributed by atoms with van der Waals surface area (Å²) in [6, 6.07) is 7.96. The van der Waals surface area contributed by atoms with Crippen molar-refractivity contribution in [3.05, 3.63) is 55.1 Å². The van der Waals surface area contributed by atoms with E-state index in [0.717, 1.165) is 20.1 Å². The van der Waals surface area contributed by atoms with Gasteiger partial charge in [-0.2, -0.15) is 11.3 Å². The third-order valence-corrected chi connectivity index (χ3v) is 4.69. The van der Waals surface area contributed by atoms with Crippen LogP contribution >= 0.6 is 43.2 Å². The summed E-state index contributed by atoms with van der Waals surface area (Å²) in [6.45, 7) is 0. The first-order valence-electron chi connectivity index (χ1n) is 4.41. The van der Waals surface area contributed by atoms with E-state index in [9.17, 15) is 0 Å². The molecular weight excluding hydrogens is 338 g/mol. The molecule has 0 aliphatic rings. The zero-order chi connectivity index (χ0) is 10.8. The van der Waals surface area contributed by atoms with Crippen molar-refractivity contribution in [1.82, 2.24) is 0 Å². The largest absolute Gasteiger partial charge is 0.320 e. The molecule has 0 bridgehead atoms. The molecule has 0 spiro atoms. The van der Waals surface area contributed by atoms with E-state index in [-0.39, 0.29) is 6.04 Å². The zero-order valence-electron chi connectivity index (χ0n) is 7.78. The van der Waals surface area contributed by atoms with Crippen LogP contribution in [0.2, 0.25) is 0 Å². The van der Waals surface area contributed by atoms with Gasteiger partial charge in [-0.1, -0.05) is 34.1 Å². The Balaban J connectivity index is 2.41. The fourth-order valence-corrected chi connectivity index (χ4v) is 3.52. The molecule has 1 nitrogen and oxygen atoms in total. The van der Waals surface area contributed by atoms with Crippen molar-refractivity contribution in [3.63, 3.8) is 0 Å². The first-order valence-corrected chi connectivity index (χ1v) is 6.94. The highest BCUT2D eigenvalue weighted by molar-refractivity contribution is 9.10. The summed E-state index contributed by atoms with van der Waals surface area (Å²) in [5.41, 5.74) is 8.45. The second-order valence-electron chi connectivity index (χ2n) is 3.17. The van der Waals surface area contributed by atoms with Gasteiger partial charge < -0.3 is 5.73 Å². The second-order valence-corrected chi connectivity index (χ2v) is 5.63. The molecule has 0 saturated heterocycles. The number of hydrogen-bond acceptors (Lipinski definition) is 2. The van der Waals surface area contributed by atoms with Crippen LogP contribution in [0.3, 0.4) is 0 Å². The molecule has 0 amide bonds. The van der Waals surface area contributed by atoms with Gasteiger partial charge in [0.05, 0.1) is 6.04 Å². The fourth-order valence-electron chi connectivity index (χ4n) is 1.41. The topological polar surface area (TPSA) is 26.0 Å². The monoisotopic (exact) mass is 345 g/mol. The van der Waals surface area contributed by atoms with Crippen LogP contribution in [0.25, 0.3) is 0 Å². The molecule has 0 fully saturated rings. The van der Waals surface area contributed by atoms with E-state index >= 15 is 0 Å². The summed E-state index contributed by atoms with van der Waals surface area (Å²) in [5.74, 6) is 0. The summed E-state index contributed by atoms with van der Waals surface area (Å²) in [4.78, 5) is 0. The summed E-state index contributed by atoms with van der Waals surface area (Å²) in [6.07, 6.45) is 0. The van der Waals surface area contributed by atoms with E-state index in [1.165, 1.54) is 0 Å². The number of halogens is 2. The first-order chi connectivity index (χ1) is 7.20. The van der Waals surface area contributed by atoms with Crippen LogP contribution < -0.4 is 5.73 Å². The lowest BCUT2D eigenvalue weighted by atomic mass is 10.0. The van der Waals surface area contributed by atoms with Crippen molar-refractivity contribution in [2.24, 2.45) is 5.73 Å². The highest BCUT2D eigenvalue weighted by Gasteiger charge is 2.14. The van der Waals surface area contributed by atoms with Crippen molar-refractivity contribution in [2.45, 2.75) is 6.04 Å². The Morgan fingerprint density at radius 3 is 2.33 bits per heavy atom. The van der Waals surface area contributed by atoms with E-state index in [1.807, 2.05) is 29.6 Å². The maximum absolute atomic E-state index is 6.21. The number of rotatable bonds is 2. The van der Waals surface area contributed by atoms with Gasteiger partial charge in [0.25, 0.3) is 0 Å². The van der Waals surface area contributed by atoms with Crippen LogP contribution in [0.5, 0.6) is 0 Å². The fraction of sp³-hybridized carbons (Fsp3) is 0.0909. The van der Waals surface area contributed by atoms with Crippen LogP contribution in [0.1, 0.15) is 17.2 Å². The van der Waals surface area contributed by atoms with Gasteiger partial charge in [-0.25, -0.2) is 0 Å². The third kappa shape index (κ3) is 2.33. The Labute approximate surface area is 110 Å². The molecule has 0 saturated carbocycles. The van der Waals surface area contributed by atoms with Gasteiger partial charge in [0.15, 0.2) is 0 Å². The van der Waals surface area contributed by atoms with Crippen molar-refractivity contribution in [1.29, 1.82) is 0 Å². The van der Waals surface area contributed by atoms with Crippen molar-refractivity contribution >= 4 is 43.2 Å². The Morgan fingerprint density at radius 1 is 1.00 bits per heavy atom. The molecule has 2 rings (SSSR count). The SMILES string of the molecule is NC(c1ccccc1Br)c1cscc1Br. The minimum absolute atomic E-state index is 0.0822. The summed E-state index contributed by atoms with van der Waals surface area (Å²) >= 11 is 8.67. The minimum Gasteiger partial charge on any atom is -0.320 e. The zero-order valence-corrected chi connectivity index (χ0v) is 11.8. The Morgan fingerprint density at radius 2 is 1.73 bits per heavy atom. The molecule has 1 aromatic heterocycles. The Kier molecular flexibility index (Phi) is 3.61. The van der Waals surface area contributed by atoms with E-state index in [1.54, 1.807) is 11.3 Å².